The van der Waals surface area contributed by atoms with Crippen molar-refractivity contribution in [3.05, 3.63) is 53.7 Å². The second kappa shape index (κ2) is 9.24. The first-order valence-electron chi connectivity index (χ1n) is 7.29. The summed E-state index contributed by atoms with van der Waals surface area (Å²) >= 11 is 0. The highest BCUT2D eigenvalue weighted by atomic mass is 35.5. The Morgan fingerprint density at radius 1 is 1.20 bits per heavy atom. The summed E-state index contributed by atoms with van der Waals surface area (Å²) in [7, 11) is 0. The Morgan fingerprint density at radius 3 is 2.64 bits per heavy atom. The standard InChI is InChI=1S/C16H17F3N4O.ClH/c17-16(18,19)11-4-1-5-12(10-11)23-14-13(6-2-8-21-14)15(24)22-9-3-7-20;/h1-2,4-6,8,10H,3,7,9,20H2,(H,21,23)(H,22,24);1H. The molecule has 1 amide bonds. The van der Waals surface area contributed by atoms with Crippen molar-refractivity contribution < 1.29 is 18.0 Å². The van der Waals surface area contributed by atoms with E-state index in [2.05, 4.69) is 15.6 Å². The van der Waals surface area contributed by atoms with Gasteiger partial charge in [0.05, 0.1) is 11.1 Å². The number of benzene rings is 1. The van der Waals surface area contributed by atoms with Gasteiger partial charge >= 0.3 is 6.18 Å². The lowest BCUT2D eigenvalue weighted by atomic mass is 10.2. The lowest BCUT2D eigenvalue weighted by Crippen LogP contribution is -2.26. The van der Waals surface area contributed by atoms with Gasteiger partial charge in [-0.25, -0.2) is 4.98 Å². The minimum atomic E-state index is -4.44. The fourth-order valence-corrected chi connectivity index (χ4v) is 2.00. The van der Waals surface area contributed by atoms with Crippen molar-refractivity contribution in [3.63, 3.8) is 0 Å². The van der Waals surface area contributed by atoms with Gasteiger partial charge in [-0.2, -0.15) is 13.2 Å². The Kier molecular flexibility index (Phi) is 7.66. The minimum Gasteiger partial charge on any atom is -0.352 e. The first-order chi connectivity index (χ1) is 11.4. The molecule has 1 aromatic heterocycles. The van der Waals surface area contributed by atoms with E-state index in [9.17, 15) is 18.0 Å². The summed E-state index contributed by atoms with van der Waals surface area (Å²) in [4.78, 5) is 16.2. The summed E-state index contributed by atoms with van der Waals surface area (Å²) in [5.74, 6) is -0.187. The Balaban J connectivity index is 0.00000312. The van der Waals surface area contributed by atoms with Gasteiger partial charge in [-0.1, -0.05) is 6.07 Å². The van der Waals surface area contributed by atoms with Gasteiger partial charge in [0, 0.05) is 18.4 Å². The number of anilines is 2. The Bertz CT molecular complexity index is 710. The molecule has 0 radical (unpaired) electrons. The molecule has 0 aliphatic carbocycles. The number of halogens is 4. The van der Waals surface area contributed by atoms with Crippen molar-refractivity contribution >= 4 is 29.8 Å². The molecular formula is C16H18ClF3N4O. The molecule has 0 fully saturated rings. The lowest BCUT2D eigenvalue weighted by molar-refractivity contribution is -0.137. The summed E-state index contributed by atoms with van der Waals surface area (Å²) in [5.41, 5.74) is 5.02. The number of hydrogen-bond acceptors (Lipinski definition) is 4. The predicted molar refractivity (Wildman–Crippen MR) is 92.2 cm³/mol. The van der Waals surface area contributed by atoms with Crippen LogP contribution in [0.2, 0.25) is 0 Å². The molecule has 9 heteroatoms. The molecule has 1 heterocycles. The van der Waals surface area contributed by atoms with Gasteiger partial charge in [-0.05, 0) is 43.3 Å². The van der Waals surface area contributed by atoms with E-state index < -0.39 is 11.7 Å². The van der Waals surface area contributed by atoms with Gasteiger partial charge in [-0.3, -0.25) is 4.79 Å². The van der Waals surface area contributed by atoms with Crippen LogP contribution < -0.4 is 16.4 Å². The van der Waals surface area contributed by atoms with E-state index >= 15 is 0 Å². The molecule has 25 heavy (non-hydrogen) atoms. The molecule has 0 saturated heterocycles. The smallest absolute Gasteiger partial charge is 0.352 e. The van der Waals surface area contributed by atoms with Crippen molar-refractivity contribution in [1.82, 2.24) is 10.3 Å². The van der Waals surface area contributed by atoms with Crippen LogP contribution in [-0.4, -0.2) is 24.0 Å². The van der Waals surface area contributed by atoms with Crippen LogP contribution in [0.4, 0.5) is 24.7 Å². The fourth-order valence-electron chi connectivity index (χ4n) is 2.00. The summed E-state index contributed by atoms with van der Waals surface area (Å²) in [5, 5.41) is 5.44. The van der Waals surface area contributed by atoms with Crippen LogP contribution in [-0.2, 0) is 6.18 Å². The molecule has 0 bridgehead atoms. The fraction of sp³-hybridized carbons (Fsp3) is 0.250. The molecule has 0 saturated carbocycles. The largest absolute Gasteiger partial charge is 0.416 e. The molecule has 1 aromatic carbocycles. The SMILES string of the molecule is Cl.NCCCNC(=O)c1cccnc1Nc1cccc(C(F)(F)F)c1. The summed E-state index contributed by atoms with van der Waals surface area (Å²) in [6.45, 7) is 0.857. The minimum absolute atomic E-state index is 0. The molecule has 4 N–H and O–H groups in total. The van der Waals surface area contributed by atoms with E-state index in [1.165, 1.54) is 18.3 Å². The molecule has 2 rings (SSSR count). The van der Waals surface area contributed by atoms with E-state index in [1.807, 2.05) is 0 Å². The average molecular weight is 375 g/mol. The maximum absolute atomic E-state index is 12.8. The van der Waals surface area contributed by atoms with Crippen LogP contribution in [0.5, 0.6) is 0 Å². The number of aromatic nitrogens is 1. The maximum atomic E-state index is 12.8. The molecule has 5 nitrogen and oxygen atoms in total. The third-order valence-corrected chi connectivity index (χ3v) is 3.17. The Morgan fingerprint density at radius 2 is 1.96 bits per heavy atom. The summed E-state index contributed by atoms with van der Waals surface area (Å²) in [6, 6.07) is 7.82. The van der Waals surface area contributed by atoms with Crippen molar-refractivity contribution in [1.29, 1.82) is 0 Å². The van der Waals surface area contributed by atoms with E-state index in [4.69, 9.17) is 5.73 Å². The highest BCUT2D eigenvalue weighted by Crippen LogP contribution is 2.31. The quantitative estimate of drug-likeness (QED) is 0.677. The Labute approximate surface area is 149 Å². The van der Waals surface area contributed by atoms with E-state index in [1.54, 1.807) is 12.1 Å². The zero-order valence-corrected chi connectivity index (χ0v) is 14.0. The molecule has 0 unspecified atom stereocenters. The van der Waals surface area contributed by atoms with E-state index in [0.717, 1.165) is 12.1 Å². The third kappa shape index (κ3) is 5.91. The lowest BCUT2D eigenvalue weighted by Gasteiger charge is -2.13. The maximum Gasteiger partial charge on any atom is 0.416 e. The van der Waals surface area contributed by atoms with Crippen molar-refractivity contribution in [2.45, 2.75) is 12.6 Å². The zero-order valence-electron chi connectivity index (χ0n) is 13.1. The van der Waals surface area contributed by atoms with Crippen molar-refractivity contribution in [2.75, 3.05) is 18.4 Å². The molecule has 0 aliphatic rings. The number of rotatable bonds is 6. The number of carbonyl (C=O) groups is 1. The van der Waals surface area contributed by atoms with Gasteiger partial charge in [0.2, 0.25) is 0 Å². The molecule has 136 valence electrons. The van der Waals surface area contributed by atoms with Gasteiger partial charge in [0.1, 0.15) is 5.82 Å². The average Bonchev–Trinajstić information content (AvgIpc) is 2.55. The summed E-state index contributed by atoms with van der Waals surface area (Å²) in [6.07, 6.45) is -2.36. The van der Waals surface area contributed by atoms with Crippen LogP contribution in [0.15, 0.2) is 42.6 Å². The first kappa shape index (κ1) is 20.7. The molecule has 0 aliphatic heterocycles. The highest BCUT2D eigenvalue weighted by molar-refractivity contribution is 5.99. The number of amides is 1. The molecule has 0 spiro atoms. The van der Waals surface area contributed by atoms with Gasteiger partial charge in [0.25, 0.3) is 5.91 Å². The number of nitrogens with two attached hydrogens (primary N) is 1. The van der Waals surface area contributed by atoms with Gasteiger partial charge < -0.3 is 16.4 Å². The van der Waals surface area contributed by atoms with Crippen LogP contribution in [0.1, 0.15) is 22.3 Å². The van der Waals surface area contributed by atoms with Crippen LogP contribution >= 0.6 is 12.4 Å². The predicted octanol–water partition coefficient (Wildman–Crippen LogP) is 3.34. The van der Waals surface area contributed by atoms with Crippen LogP contribution in [0.3, 0.4) is 0 Å². The number of pyridine rings is 1. The second-order valence-electron chi connectivity index (χ2n) is 5.00. The van der Waals surface area contributed by atoms with Crippen LogP contribution in [0, 0.1) is 0 Å². The number of carbonyl (C=O) groups excluding carboxylic acids is 1. The molecule has 2 aromatic rings. The van der Waals surface area contributed by atoms with Crippen molar-refractivity contribution in [3.8, 4) is 0 Å². The van der Waals surface area contributed by atoms with Crippen LogP contribution in [0.25, 0.3) is 0 Å². The number of hydrogen-bond donors (Lipinski definition) is 3. The molecular weight excluding hydrogens is 357 g/mol. The molecule has 0 atom stereocenters. The monoisotopic (exact) mass is 374 g/mol. The van der Waals surface area contributed by atoms with Gasteiger partial charge in [0.15, 0.2) is 0 Å². The second-order valence-corrected chi connectivity index (χ2v) is 5.00. The summed E-state index contributed by atoms with van der Waals surface area (Å²) < 4.78 is 38.3. The first-order valence-corrected chi connectivity index (χ1v) is 7.29. The number of nitrogens with one attached hydrogen (secondary N) is 2. The Hall–Kier alpha value is -2.32. The number of nitrogens with zero attached hydrogens (tertiary/aromatic N) is 1. The topological polar surface area (TPSA) is 80.0 Å². The van der Waals surface area contributed by atoms with E-state index in [-0.39, 0.29) is 35.4 Å². The van der Waals surface area contributed by atoms with Gasteiger partial charge in [-0.15, -0.1) is 12.4 Å². The normalized spacial score (nSPS) is 10.7. The third-order valence-electron chi connectivity index (χ3n) is 3.17. The number of alkyl halides is 3. The highest BCUT2D eigenvalue weighted by Gasteiger charge is 2.30. The van der Waals surface area contributed by atoms with Crippen molar-refractivity contribution in [2.24, 2.45) is 5.73 Å². The van der Waals surface area contributed by atoms with E-state index in [0.29, 0.717) is 19.5 Å². The zero-order chi connectivity index (χ0) is 17.6.